The molecule has 0 bridgehead atoms. The Hall–Kier alpha value is -1.08. The molecule has 0 radical (unpaired) electrons. The summed E-state index contributed by atoms with van der Waals surface area (Å²) in [6.45, 7) is 5.82. The molecule has 0 aliphatic rings. The molecule has 0 aromatic heterocycles. The second-order valence-electron chi connectivity index (χ2n) is 2.81. The van der Waals surface area contributed by atoms with Gasteiger partial charge in [0.05, 0.1) is 0 Å². The lowest BCUT2D eigenvalue weighted by molar-refractivity contribution is 0.886. The lowest BCUT2D eigenvalue weighted by Crippen LogP contribution is -2.08. The molecule has 0 spiro atoms. The number of rotatable bonds is 3. The van der Waals surface area contributed by atoms with Gasteiger partial charge in [0, 0.05) is 6.04 Å². The van der Waals surface area contributed by atoms with Gasteiger partial charge in [-0.15, -0.1) is 6.58 Å². The minimum absolute atomic E-state index is 0.0267. The van der Waals surface area contributed by atoms with Gasteiger partial charge >= 0.3 is 0 Å². The fourth-order valence-electron chi connectivity index (χ4n) is 1.31. The summed E-state index contributed by atoms with van der Waals surface area (Å²) in [5.41, 5.74) is 8.35. The van der Waals surface area contributed by atoms with Crippen LogP contribution in [0.1, 0.15) is 24.1 Å². The lowest BCUT2D eigenvalue weighted by atomic mass is 9.99. The third-order valence-corrected chi connectivity index (χ3v) is 2.05. The normalized spacial score (nSPS) is 12.5. The molecule has 1 aromatic carbocycles. The van der Waals surface area contributed by atoms with Gasteiger partial charge in [-0.2, -0.15) is 0 Å². The SMILES string of the molecule is C=CC(N)c1ccccc1CC. The first-order valence-electron chi connectivity index (χ1n) is 4.25. The van der Waals surface area contributed by atoms with Crippen LogP contribution in [0.15, 0.2) is 36.9 Å². The zero-order chi connectivity index (χ0) is 8.97. The molecule has 1 heteroatoms. The fourth-order valence-corrected chi connectivity index (χ4v) is 1.31. The molecule has 0 saturated carbocycles. The summed E-state index contributed by atoms with van der Waals surface area (Å²) in [6, 6.07) is 8.20. The van der Waals surface area contributed by atoms with Gasteiger partial charge < -0.3 is 5.73 Å². The molecule has 64 valence electrons. The Balaban J connectivity index is 3.04. The number of benzene rings is 1. The van der Waals surface area contributed by atoms with Gasteiger partial charge in [-0.3, -0.25) is 0 Å². The molecule has 1 rings (SSSR count). The van der Waals surface area contributed by atoms with E-state index in [1.54, 1.807) is 6.08 Å². The van der Waals surface area contributed by atoms with Crippen molar-refractivity contribution >= 4 is 0 Å². The predicted octanol–water partition coefficient (Wildman–Crippen LogP) is 2.43. The minimum atomic E-state index is -0.0267. The van der Waals surface area contributed by atoms with Crippen molar-refractivity contribution in [2.75, 3.05) is 0 Å². The molecule has 1 nitrogen and oxygen atoms in total. The highest BCUT2D eigenvalue weighted by Crippen LogP contribution is 2.16. The Morgan fingerprint density at radius 3 is 2.75 bits per heavy atom. The largest absolute Gasteiger partial charge is 0.321 e. The van der Waals surface area contributed by atoms with E-state index in [-0.39, 0.29) is 6.04 Å². The summed E-state index contributed by atoms with van der Waals surface area (Å²) >= 11 is 0. The summed E-state index contributed by atoms with van der Waals surface area (Å²) in [6.07, 6.45) is 2.80. The first-order valence-corrected chi connectivity index (χ1v) is 4.25. The van der Waals surface area contributed by atoms with Crippen LogP contribution in [0.3, 0.4) is 0 Å². The number of aryl methyl sites for hydroxylation is 1. The molecular formula is C11H15N. The van der Waals surface area contributed by atoms with Crippen molar-refractivity contribution in [3.8, 4) is 0 Å². The average Bonchev–Trinajstić information content (AvgIpc) is 2.16. The second-order valence-corrected chi connectivity index (χ2v) is 2.81. The van der Waals surface area contributed by atoms with Crippen molar-refractivity contribution in [1.29, 1.82) is 0 Å². The summed E-state index contributed by atoms with van der Waals surface area (Å²) in [5.74, 6) is 0. The fraction of sp³-hybridized carbons (Fsp3) is 0.273. The smallest absolute Gasteiger partial charge is 0.0481 e. The maximum absolute atomic E-state index is 5.85. The second kappa shape index (κ2) is 4.07. The molecule has 1 aromatic rings. The molecule has 0 aliphatic heterocycles. The summed E-state index contributed by atoms with van der Waals surface area (Å²) < 4.78 is 0. The first-order chi connectivity index (χ1) is 5.79. The van der Waals surface area contributed by atoms with E-state index >= 15 is 0 Å². The molecule has 0 fully saturated rings. The molecule has 1 unspecified atom stereocenters. The quantitative estimate of drug-likeness (QED) is 0.677. The molecule has 2 N–H and O–H groups in total. The predicted molar refractivity (Wildman–Crippen MR) is 52.9 cm³/mol. The van der Waals surface area contributed by atoms with E-state index in [4.69, 9.17) is 5.73 Å². The van der Waals surface area contributed by atoms with Crippen LogP contribution in [0.5, 0.6) is 0 Å². The van der Waals surface area contributed by atoms with Crippen LogP contribution in [-0.2, 0) is 6.42 Å². The Labute approximate surface area is 73.9 Å². The first kappa shape index (κ1) is 9.01. The van der Waals surface area contributed by atoms with Crippen LogP contribution in [0.2, 0.25) is 0 Å². The maximum atomic E-state index is 5.85. The van der Waals surface area contributed by atoms with Crippen LogP contribution < -0.4 is 5.73 Å². The molecular weight excluding hydrogens is 146 g/mol. The third-order valence-electron chi connectivity index (χ3n) is 2.05. The van der Waals surface area contributed by atoms with Crippen molar-refractivity contribution < 1.29 is 0 Å². The summed E-state index contributed by atoms with van der Waals surface area (Å²) in [7, 11) is 0. The van der Waals surface area contributed by atoms with E-state index in [1.165, 1.54) is 11.1 Å². The van der Waals surface area contributed by atoms with Crippen LogP contribution in [0, 0.1) is 0 Å². The average molecular weight is 161 g/mol. The highest BCUT2D eigenvalue weighted by atomic mass is 14.6. The Kier molecular flexibility index (Phi) is 3.06. The summed E-state index contributed by atoms with van der Waals surface area (Å²) in [5, 5.41) is 0. The lowest BCUT2D eigenvalue weighted by Gasteiger charge is -2.10. The molecule has 0 heterocycles. The summed E-state index contributed by atoms with van der Waals surface area (Å²) in [4.78, 5) is 0. The zero-order valence-electron chi connectivity index (χ0n) is 7.46. The maximum Gasteiger partial charge on any atom is 0.0481 e. The highest BCUT2D eigenvalue weighted by molar-refractivity contribution is 5.31. The Morgan fingerprint density at radius 1 is 1.50 bits per heavy atom. The van der Waals surface area contributed by atoms with Gasteiger partial charge in [-0.1, -0.05) is 37.3 Å². The standard InChI is InChI=1S/C11H15N/c1-3-9-7-5-6-8-10(9)11(12)4-2/h4-8,11H,2-3,12H2,1H3. The van der Waals surface area contributed by atoms with E-state index in [0.29, 0.717) is 0 Å². The monoisotopic (exact) mass is 161 g/mol. The van der Waals surface area contributed by atoms with Crippen LogP contribution in [0.25, 0.3) is 0 Å². The van der Waals surface area contributed by atoms with Crippen LogP contribution in [-0.4, -0.2) is 0 Å². The van der Waals surface area contributed by atoms with Gasteiger partial charge in [-0.05, 0) is 17.5 Å². The van der Waals surface area contributed by atoms with Crippen molar-refractivity contribution in [2.24, 2.45) is 5.73 Å². The van der Waals surface area contributed by atoms with Gasteiger partial charge in [0.25, 0.3) is 0 Å². The highest BCUT2D eigenvalue weighted by Gasteiger charge is 2.04. The minimum Gasteiger partial charge on any atom is -0.321 e. The molecule has 1 atom stereocenters. The van der Waals surface area contributed by atoms with E-state index in [2.05, 4.69) is 25.6 Å². The van der Waals surface area contributed by atoms with E-state index in [9.17, 15) is 0 Å². The van der Waals surface area contributed by atoms with Gasteiger partial charge in [0.15, 0.2) is 0 Å². The molecule has 0 aliphatic carbocycles. The van der Waals surface area contributed by atoms with E-state index < -0.39 is 0 Å². The Morgan fingerprint density at radius 2 is 2.17 bits per heavy atom. The topological polar surface area (TPSA) is 26.0 Å². The van der Waals surface area contributed by atoms with Gasteiger partial charge in [0.2, 0.25) is 0 Å². The van der Waals surface area contributed by atoms with Crippen LogP contribution in [0.4, 0.5) is 0 Å². The molecule has 0 saturated heterocycles. The third kappa shape index (κ3) is 1.74. The van der Waals surface area contributed by atoms with Crippen molar-refractivity contribution in [3.05, 3.63) is 48.0 Å². The van der Waals surface area contributed by atoms with E-state index in [1.807, 2.05) is 12.1 Å². The Bertz CT molecular complexity index is 265. The van der Waals surface area contributed by atoms with Gasteiger partial charge in [-0.25, -0.2) is 0 Å². The number of nitrogens with two attached hydrogens (primary N) is 1. The molecule has 12 heavy (non-hydrogen) atoms. The van der Waals surface area contributed by atoms with E-state index in [0.717, 1.165) is 6.42 Å². The van der Waals surface area contributed by atoms with Crippen molar-refractivity contribution in [1.82, 2.24) is 0 Å². The number of hydrogen-bond acceptors (Lipinski definition) is 1. The number of hydrogen-bond donors (Lipinski definition) is 1. The van der Waals surface area contributed by atoms with Crippen molar-refractivity contribution in [2.45, 2.75) is 19.4 Å². The van der Waals surface area contributed by atoms with Gasteiger partial charge in [0.1, 0.15) is 0 Å². The molecule has 0 amide bonds. The zero-order valence-corrected chi connectivity index (χ0v) is 7.46. The van der Waals surface area contributed by atoms with Crippen molar-refractivity contribution in [3.63, 3.8) is 0 Å². The van der Waals surface area contributed by atoms with Crippen LogP contribution >= 0.6 is 0 Å².